The molecule has 0 aromatic carbocycles. The summed E-state index contributed by atoms with van der Waals surface area (Å²) >= 11 is 0. The smallest absolute Gasteiger partial charge is 0.412 e. The number of hydrogen-bond acceptors (Lipinski definition) is 6. The fourth-order valence-electron chi connectivity index (χ4n) is 2.30. The summed E-state index contributed by atoms with van der Waals surface area (Å²) in [6.45, 7) is 3.86. The van der Waals surface area contributed by atoms with E-state index < -0.39 is 71.0 Å². The third-order valence-corrected chi connectivity index (χ3v) is 5.00. The predicted octanol–water partition coefficient (Wildman–Crippen LogP) is 3.15. The molecule has 0 bridgehead atoms. The van der Waals surface area contributed by atoms with Gasteiger partial charge in [-0.05, 0) is 26.7 Å². The minimum absolute atomic E-state index is 0.251. The van der Waals surface area contributed by atoms with Crippen molar-refractivity contribution in [3.05, 3.63) is 12.7 Å². The van der Waals surface area contributed by atoms with E-state index in [2.05, 4.69) is 16.1 Å². The third kappa shape index (κ3) is 6.54. The van der Waals surface area contributed by atoms with E-state index in [0.717, 1.165) is 0 Å². The highest BCUT2D eigenvalue weighted by atomic mass is 32.2. The van der Waals surface area contributed by atoms with E-state index in [-0.39, 0.29) is 13.1 Å². The second kappa shape index (κ2) is 10.8. The number of rotatable bonds is 13. The number of hydrogen-bond donors (Lipinski definition) is 1. The van der Waals surface area contributed by atoms with Gasteiger partial charge >= 0.3 is 45.1 Å². The largest absolute Gasteiger partial charge is 0.466 e. The second-order valence-corrected chi connectivity index (χ2v) is 7.68. The van der Waals surface area contributed by atoms with Crippen molar-refractivity contribution in [1.82, 2.24) is 4.90 Å². The van der Waals surface area contributed by atoms with Gasteiger partial charge in [-0.15, -0.1) is 0 Å². The zero-order valence-electron chi connectivity index (χ0n) is 16.9. The maximum Gasteiger partial charge on any atom is 0.466 e. The van der Waals surface area contributed by atoms with Gasteiger partial charge in [0.25, 0.3) is 0 Å². The summed E-state index contributed by atoms with van der Waals surface area (Å²) in [6.07, 6.45) is -9.00. The third-order valence-electron chi connectivity index (χ3n) is 4.06. The Bertz CT molecular complexity index is 782. The van der Waals surface area contributed by atoms with Gasteiger partial charge in [0.15, 0.2) is 0 Å². The van der Waals surface area contributed by atoms with Gasteiger partial charge in [0.1, 0.15) is 0 Å². The lowest BCUT2D eigenvalue weighted by atomic mass is 10.1. The van der Waals surface area contributed by atoms with Crippen LogP contribution in [0.25, 0.3) is 0 Å². The molecule has 0 saturated carbocycles. The standard InChI is InChI=1S/C16H22F7NO7S/c1-4-11(25)31-14(15(19,20)21,12(26)24(5-2)6-3)30-10-8-7-9-13(17,18)16(22,23)32(27,28)29/h4H,1,5-10H2,2-3H3,(H,27,28,29). The summed E-state index contributed by atoms with van der Waals surface area (Å²) in [5.41, 5.74) is 0. The number of amides is 1. The van der Waals surface area contributed by atoms with E-state index >= 15 is 0 Å². The van der Waals surface area contributed by atoms with Crippen LogP contribution in [0, 0.1) is 0 Å². The van der Waals surface area contributed by atoms with Crippen molar-refractivity contribution in [3.8, 4) is 0 Å². The van der Waals surface area contributed by atoms with E-state index in [1.807, 2.05) is 0 Å². The Labute approximate surface area is 179 Å². The van der Waals surface area contributed by atoms with Crippen molar-refractivity contribution in [3.63, 3.8) is 0 Å². The molecule has 32 heavy (non-hydrogen) atoms. The highest BCUT2D eigenvalue weighted by Gasteiger charge is 2.67. The Morgan fingerprint density at radius 3 is 1.91 bits per heavy atom. The molecule has 0 aliphatic rings. The maximum absolute atomic E-state index is 13.7. The molecule has 0 aromatic rings. The first-order valence-electron chi connectivity index (χ1n) is 8.92. The highest BCUT2D eigenvalue weighted by molar-refractivity contribution is 7.87. The van der Waals surface area contributed by atoms with Crippen molar-refractivity contribution in [2.75, 3.05) is 19.7 Å². The Hall–Kier alpha value is -1.94. The lowest BCUT2D eigenvalue weighted by Gasteiger charge is -2.36. The van der Waals surface area contributed by atoms with Crippen LogP contribution >= 0.6 is 0 Å². The number of carbonyl (C=O) groups is 2. The number of likely N-dealkylation sites (N-methyl/N-ethyl adjacent to an activating group) is 1. The molecule has 0 fully saturated rings. The van der Waals surface area contributed by atoms with Crippen LogP contribution in [0.4, 0.5) is 30.7 Å². The summed E-state index contributed by atoms with van der Waals surface area (Å²) in [5.74, 6) is -12.9. The topological polar surface area (TPSA) is 110 Å². The molecule has 188 valence electrons. The predicted molar refractivity (Wildman–Crippen MR) is 94.2 cm³/mol. The molecule has 0 spiro atoms. The van der Waals surface area contributed by atoms with Crippen molar-refractivity contribution in [1.29, 1.82) is 0 Å². The van der Waals surface area contributed by atoms with Crippen LogP contribution in [0.5, 0.6) is 0 Å². The number of alkyl halides is 7. The van der Waals surface area contributed by atoms with E-state index in [4.69, 9.17) is 4.55 Å². The number of ether oxygens (including phenoxy) is 2. The van der Waals surface area contributed by atoms with Crippen LogP contribution < -0.4 is 0 Å². The fraction of sp³-hybridized carbons (Fsp3) is 0.750. The Morgan fingerprint density at radius 2 is 1.53 bits per heavy atom. The number of esters is 1. The SMILES string of the molecule is C=CC(=O)OC(OCCCCC(F)(F)C(F)(F)S(=O)(=O)O)(C(=O)N(CC)CC)C(F)(F)F. The summed E-state index contributed by atoms with van der Waals surface area (Å²) < 4.78 is 132. The molecule has 1 amide bonds. The van der Waals surface area contributed by atoms with Crippen LogP contribution in [0.15, 0.2) is 12.7 Å². The summed E-state index contributed by atoms with van der Waals surface area (Å²) in [6, 6.07) is 0. The molecule has 1 unspecified atom stereocenters. The van der Waals surface area contributed by atoms with Gasteiger partial charge in [-0.25, -0.2) is 4.79 Å². The maximum atomic E-state index is 13.7. The molecule has 0 radical (unpaired) electrons. The molecule has 8 nitrogen and oxygen atoms in total. The van der Waals surface area contributed by atoms with Crippen LogP contribution in [0.2, 0.25) is 0 Å². The van der Waals surface area contributed by atoms with Crippen LogP contribution in [0.1, 0.15) is 33.1 Å². The second-order valence-electron chi connectivity index (χ2n) is 6.22. The minimum Gasteiger partial charge on any atom is -0.412 e. The summed E-state index contributed by atoms with van der Waals surface area (Å²) in [7, 11) is -6.47. The molecule has 0 heterocycles. The average molecular weight is 505 g/mol. The van der Waals surface area contributed by atoms with Gasteiger partial charge in [-0.1, -0.05) is 6.58 Å². The molecular formula is C16H22F7NO7S. The molecule has 0 rings (SSSR count). The van der Waals surface area contributed by atoms with Gasteiger partial charge in [-0.3, -0.25) is 9.35 Å². The molecule has 16 heteroatoms. The van der Waals surface area contributed by atoms with Crippen LogP contribution in [-0.2, 0) is 29.2 Å². The molecule has 0 aliphatic carbocycles. The Kier molecular flexibility index (Phi) is 10.1. The molecule has 1 N–H and O–H groups in total. The van der Waals surface area contributed by atoms with Gasteiger partial charge < -0.3 is 14.4 Å². The Balaban J connectivity index is 5.59. The quantitative estimate of drug-likeness (QED) is 0.102. The van der Waals surface area contributed by atoms with Gasteiger partial charge in [-0.2, -0.15) is 39.2 Å². The first-order chi connectivity index (χ1) is 14.3. The van der Waals surface area contributed by atoms with Crippen molar-refractivity contribution in [2.24, 2.45) is 0 Å². The fourth-order valence-corrected chi connectivity index (χ4v) is 2.78. The lowest BCUT2D eigenvalue weighted by molar-refractivity contribution is -0.350. The highest BCUT2D eigenvalue weighted by Crippen LogP contribution is 2.42. The van der Waals surface area contributed by atoms with E-state index in [1.165, 1.54) is 13.8 Å². The number of halogens is 7. The van der Waals surface area contributed by atoms with Gasteiger partial charge in [0, 0.05) is 25.6 Å². The number of nitrogens with zero attached hydrogens (tertiary/aromatic N) is 1. The van der Waals surface area contributed by atoms with Crippen LogP contribution in [0.3, 0.4) is 0 Å². The summed E-state index contributed by atoms with van der Waals surface area (Å²) in [5, 5.41) is -5.84. The normalized spacial score (nSPS) is 15.1. The zero-order valence-corrected chi connectivity index (χ0v) is 17.7. The molecule has 0 saturated heterocycles. The van der Waals surface area contributed by atoms with Crippen LogP contribution in [-0.4, -0.2) is 72.6 Å². The van der Waals surface area contributed by atoms with Crippen molar-refractivity contribution >= 4 is 22.0 Å². The molecule has 0 aromatic heterocycles. The minimum atomic E-state index is -6.47. The summed E-state index contributed by atoms with van der Waals surface area (Å²) in [4.78, 5) is 24.5. The van der Waals surface area contributed by atoms with Crippen molar-refractivity contribution < 1.29 is 62.8 Å². The average Bonchev–Trinajstić information content (AvgIpc) is 2.65. The zero-order chi connectivity index (χ0) is 25.6. The van der Waals surface area contributed by atoms with Gasteiger partial charge in [0.05, 0.1) is 6.61 Å². The first kappa shape index (κ1) is 30.1. The molecule has 0 aliphatic heterocycles. The Morgan fingerprint density at radius 1 is 1.03 bits per heavy atom. The first-order valence-corrected chi connectivity index (χ1v) is 10.4. The van der Waals surface area contributed by atoms with Crippen molar-refractivity contribution in [2.45, 2.75) is 56.3 Å². The molecule has 1 atom stereocenters. The van der Waals surface area contributed by atoms with E-state index in [9.17, 15) is 48.7 Å². The number of carbonyl (C=O) groups excluding carboxylic acids is 2. The molecular weight excluding hydrogens is 483 g/mol. The monoisotopic (exact) mass is 505 g/mol. The number of unbranched alkanes of at least 4 members (excludes halogenated alkanes) is 1. The van der Waals surface area contributed by atoms with E-state index in [0.29, 0.717) is 11.0 Å². The van der Waals surface area contributed by atoms with Gasteiger partial charge in [0.2, 0.25) is 0 Å². The lowest BCUT2D eigenvalue weighted by Crippen LogP contribution is -2.62. The van der Waals surface area contributed by atoms with E-state index in [1.54, 1.807) is 0 Å².